The van der Waals surface area contributed by atoms with Crippen LogP contribution in [0.15, 0.2) is 47.5 Å². The van der Waals surface area contributed by atoms with Gasteiger partial charge in [-0.3, -0.25) is 14.8 Å². The van der Waals surface area contributed by atoms with Gasteiger partial charge in [-0.05, 0) is 58.5 Å². The molecule has 1 amide bonds. The molecule has 0 bridgehead atoms. The standard InChI is InChI=1S/C15H14BrN3O/c16-13-7-12(8-18-9-13)14(10-1-2-10)19-15(20)11-3-5-17-6-4-11/h3-10,14H,1-2H2,(H,19,20)/t14-/m1/s1. The summed E-state index contributed by atoms with van der Waals surface area (Å²) in [5.41, 5.74) is 1.68. The van der Waals surface area contributed by atoms with Crippen molar-refractivity contribution < 1.29 is 4.79 Å². The first kappa shape index (κ1) is 13.2. The van der Waals surface area contributed by atoms with Gasteiger partial charge in [0.2, 0.25) is 0 Å². The largest absolute Gasteiger partial charge is 0.345 e. The zero-order valence-corrected chi connectivity index (χ0v) is 12.4. The van der Waals surface area contributed by atoms with Crippen LogP contribution in [-0.2, 0) is 0 Å². The monoisotopic (exact) mass is 331 g/mol. The quantitative estimate of drug-likeness (QED) is 0.936. The molecule has 5 heteroatoms. The van der Waals surface area contributed by atoms with Gasteiger partial charge in [0.05, 0.1) is 6.04 Å². The molecule has 1 N–H and O–H groups in total. The number of halogens is 1. The molecule has 0 saturated heterocycles. The van der Waals surface area contributed by atoms with E-state index in [2.05, 4.69) is 31.2 Å². The highest BCUT2D eigenvalue weighted by molar-refractivity contribution is 9.10. The molecular formula is C15H14BrN3O. The first-order valence-corrected chi connectivity index (χ1v) is 7.34. The number of carbonyl (C=O) groups is 1. The lowest BCUT2D eigenvalue weighted by molar-refractivity contribution is 0.0931. The SMILES string of the molecule is O=C(N[C@@H](c1cncc(Br)c1)C1CC1)c1ccncc1. The highest BCUT2D eigenvalue weighted by atomic mass is 79.9. The Labute approximate surface area is 125 Å². The molecule has 102 valence electrons. The average Bonchev–Trinajstić information content (AvgIpc) is 3.30. The summed E-state index contributed by atoms with van der Waals surface area (Å²) in [6.07, 6.45) is 9.11. The van der Waals surface area contributed by atoms with Gasteiger partial charge in [-0.15, -0.1) is 0 Å². The lowest BCUT2D eigenvalue weighted by atomic mass is 10.0. The first-order chi connectivity index (χ1) is 9.74. The minimum absolute atomic E-state index is 0.0284. The molecule has 0 spiro atoms. The molecule has 4 nitrogen and oxygen atoms in total. The van der Waals surface area contributed by atoms with E-state index in [-0.39, 0.29) is 11.9 Å². The van der Waals surface area contributed by atoms with Crippen molar-refractivity contribution in [2.24, 2.45) is 5.92 Å². The number of pyridine rings is 2. The molecule has 0 radical (unpaired) electrons. The first-order valence-electron chi connectivity index (χ1n) is 6.55. The van der Waals surface area contributed by atoms with Gasteiger partial charge >= 0.3 is 0 Å². The molecule has 0 aromatic carbocycles. The summed E-state index contributed by atoms with van der Waals surface area (Å²) < 4.78 is 0.929. The topological polar surface area (TPSA) is 54.9 Å². The van der Waals surface area contributed by atoms with Crippen LogP contribution in [0.1, 0.15) is 34.8 Å². The van der Waals surface area contributed by atoms with Crippen molar-refractivity contribution in [2.75, 3.05) is 0 Å². The summed E-state index contributed by atoms with van der Waals surface area (Å²) in [6.45, 7) is 0. The number of aromatic nitrogens is 2. The third kappa shape index (κ3) is 3.04. The summed E-state index contributed by atoms with van der Waals surface area (Å²) in [5.74, 6) is 0.446. The highest BCUT2D eigenvalue weighted by Gasteiger charge is 2.33. The van der Waals surface area contributed by atoms with Crippen LogP contribution in [0.3, 0.4) is 0 Å². The predicted molar refractivity (Wildman–Crippen MR) is 79.1 cm³/mol. The Morgan fingerprint density at radius 1 is 1.25 bits per heavy atom. The van der Waals surface area contributed by atoms with E-state index >= 15 is 0 Å². The Balaban J connectivity index is 1.80. The van der Waals surface area contributed by atoms with Crippen molar-refractivity contribution in [1.29, 1.82) is 0 Å². The smallest absolute Gasteiger partial charge is 0.251 e. The average molecular weight is 332 g/mol. The molecule has 1 fully saturated rings. The van der Waals surface area contributed by atoms with E-state index < -0.39 is 0 Å². The molecule has 1 aliphatic carbocycles. The van der Waals surface area contributed by atoms with Crippen LogP contribution in [0.4, 0.5) is 0 Å². The maximum Gasteiger partial charge on any atom is 0.251 e. The maximum atomic E-state index is 12.3. The Morgan fingerprint density at radius 3 is 2.65 bits per heavy atom. The zero-order chi connectivity index (χ0) is 13.9. The Hall–Kier alpha value is -1.75. The Kier molecular flexibility index (Phi) is 3.78. The van der Waals surface area contributed by atoms with Crippen LogP contribution in [0.25, 0.3) is 0 Å². The molecule has 3 rings (SSSR count). The van der Waals surface area contributed by atoms with Crippen LogP contribution in [0, 0.1) is 5.92 Å². The van der Waals surface area contributed by atoms with E-state index in [9.17, 15) is 4.79 Å². The zero-order valence-electron chi connectivity index (χ0n) is 10.8. The molecule has 1 saturated carbocycles. The lowest BCUT2D eigenvalue weighted by Crippen LogP contribution is -2.30. The van der Waals surface area contributed by atoms with Crippen LogP contribution < -0.4 is 5.32 Å². The highest BCUT2D eigenvalue weighted by Crippen LogP contribution is 2.41. The second-order valence-corrected chi connectivity index (χ2v) is 5.88. The van der Waals surface area contributed by atoms with Gasteiger partial charge in [-0.25, -0.2) is 0 Å². The molecule has 2 aromatic rings. The van der Waals surface area contributed by atoms with Crippen molar-refractivity contribution in [3.05, 3.63) is 58.6 Å². The fourth-order valence-electron chi connectivity index (χ4n) is 2.23. The number of nitrogens with one attached hydrogen (secondary N) is 1. The summed E-state index contributed by atoms with van der Waals surface area (Å²) in [6, 6.07) is 5.49. The van der Waals surface area contributed by atoms with Gasteiger partial charge in [-0.1, -0.05) is 0 Å². The fourth-order valence-corrected chi connectivity index (χ4v) is 2.61. The molecule has 0 aliphatic heterocycles. The second-order valence-electron chi connectivity index (χ2n) is 4.96. The predicted octanol–water partition coefficient (Wildman–Crippen LogP) is 3.12. The van der Waals surface area contributed by atoms with E-state index in [1.807, 2.05) is 12.3 Å². The van der Waals surface area contributed by atoms with Crippen LogP contribution in [-0.4, -0.2) is 15.9 Å². The van der Waals surface area contributed by atoms with Crippen molar-refractivity contribution in [3.8, 4) is 0 Å². The van der Waals surface area contributed by atoms with Crippen molar-refractivity contribution in [1.82, 2.24) is 15.3 Å². The van der Waals surface area contributed by atoms with Gasteiger partial charge in [-0.2, -0.15) is 0 Å². The normalized spacial score (nSPS) is 15.7. The van der Waals surface area contributed by atoms with Crippen molar-refractivity contribution >= 4 is 21.8 Å². The third-order valence-electron chi connectivity index (χ3n) is 3.41. The van der Waals surface area contributed by atoms with Gasteiger partial charge in [0, 0.05) is 34.8 Å². The van der Waals surface area contributed by atoms with E-state index in [0.29, 0.717) is 11.5 Å². The number of hydrogen-bond donors (Lipinski definition) is 1. The van der Waals surface area contributed by atoms with Crippen LogP contribution in [0.5, 0.6) is 0 Å². The second kappa shape index (κ2) is 5.71. The molecule has 20 heavy (non-hydrogen) atoms. The van der Waals surface area contributed by atoms with E-state index in [1.54, 1.807) is 30.7 Å². The van der Waals surface area contributed by atoms with Gasteiger partial charge in [0.1, 0.15) is 0 Å². The third-order valence-corrected chi connectivity index (χ3v) is 3.84. The summed E-state index contributed by atoms with van der Waals surface area (Å²) in [4.78, 5) is 20.4. The molecule has 1 aliphatic rings. The number of hydrogen-bond acceptors (Lipinski definition) is 3. The lowest BCUT2D eigenvalue weighted by Gasteiger charge is -2.18. The van der Waals surface area contributed by atoms with E-state index in [0.717, 1.165) is 22.9 Å². The van der Waals surface area contributed by atoms with Crippen molar-refractivity contribution in [3.63, 3.8) is 0 Å². The molecule has 2 aromatic heterocycles. The van der Waals surface area contributed by atoms with E-state index in [4.69, 9.17) is 0 Å². The van der Waals surface area contributed by atoms with E-state index in [1.165, 1.54) is 0 Å². The van der Waals surface area contributed by atoms with Crippen LogP contribution >= 0.6 is 15.9 Å². The minimum atomic E-state index is -0.0655. The number of nitrogens with zero attached hydrogens (tertiary/aromatic N) is 2. The van der Waals surface area contributed by atoms with Crippen LogP contribution in [0.2, 0.25) is 0 Å². The molecule has 0 unspecified atom stereocenters. The Morgan fingerprint density at radius 2 is 2.00 bits per heavy atom. The molecule has 1 atom stereocenters. The summed E-state index contributed by atoms with van der Waals surface area (Å²) in [7, 11) is 0. The summed E-state index contributed by atoms with van der Waals surface area (Å²) in [5, 5.41) is 3.11. The minimum Gasteiger partial charge on any atom is -0.345 e. The number of carbonyl (C=O) groups excluding carboxylic acids is 1. The number of rotatable bonds is 4. The van der Waals surface area contributed by atoms with Gasteiger partial charge in [0.25, 0.3) is 5.91 Å². The fraction of sp³-hybridized carbons (Fsp3) is 0.267. The van der Waals surface area contributed by atoms with Crippen molar-refractivity contribution in [2.45, 2.75) is 18.9 Å². The number of amides is 1. The molecular weight excluding hydrogens is 318 g/mol. The molecule has 2 heterocycles. The Bertz CT molecular complexity index is 614. The maximum absolute atomic E-state index is 12.3. The van der Waals surface area contributed by atoms with Gasteiger partial charge in [0.15, 0.2) is 0 Å². The van der Waals surface area contributed by atoms with Gasteiger partial charge < -0.3 is 5.32 Å². The summed E-state index contributed by atoms with van der Waals surface area (Å²) >= 11 is 3.43.